The molecule has 112 valence electrons. The summed E-state index contributed by atoms with van der Waals surface area (Å²) in [7, 11) is -3.49. The van der Waals surface area contributed by atoms with Gasteiger partial charge in [-0.15, -0.1) is 0 Å². The minimum Gasteiger partial charge on any atom is -0.356 e. The lowest BCUT2D eigenvalue weighted by Gasteiger charge is -2.12. The standard InChI is InChI=1S/C13H19FN2O3S/c1-10(11-4-2-5-12(14)9-11)8-13(17)16-6-3-7-20(15,18)19/h2,4-5,9-10H,3,6-8H2,1H3,(H,16,17)(H2,15,18,19)/t10-/m0/s1. The van der Waals surface area contributed by atoms with Crippen molar-refractivity contribution in [3.8, 4) is 0 Å². The second-order valence-electron chi connectivity index (χ2n) is 4.73. The number of nitrogens with two attached hydrogens (primary N) is 1. The van der Waals surface area contributed by atoms with Crippen LogP contribution < -0.4 is 10.5 Å². The summed E-state index contributed by atoms with van der Waals surface area (Å²) in [6, 6.07) is 6.12. The number of nitrogens with one attached hydrogen (secondary N) is 1. The highest BCUT2D eigenvalue weighted by atomic mass is 32.2. The Morgan fingerprint density at radius 3 is 2.75 bits per heavy atom. The highest BCUT2D eigenvalue weighted by Crippen LogP contribution is 2.19. The molecule has 0 bridgehead atoms. The Labute approximate surface area is 118 Å². The second-order valence-corrected chi connectivity index (χ2v) is 6.46. The Kier molecular flexibility index (Phi) is 6.09. The number of benzene rings is 1. The Balaban J connectivity index is 2.35. The first-order chi connectivity index (χ1) is 9.28. The van der Waals surface area contributed by atoms with E-state index in [9.17, 15) is 17.6 Å². The van der Waals surface area contributed by atoms with Crippen molar-refractivity contribution in [3.63, 3.8) is 0 Å². The van der Waals surface area contributed by atoms with Gasteiger partial charge in [-0.3, -0.25) is 4.79 Å². The van der Waals surface area contributed by atoms with Gasteiger partial charge in [0.2, 0.25) is 15.9 Å². The number of halogens is 1. The van der Waals surface area contributed by atoms with E-state index in [1.54, 1.807) is 12.1 Å². The molecular weight excluding hydrogens is 283 g/mol. The van der Waals surface area contributed by atoms with Gasteiger partial charge in [0.1, 0.15) is 5.82 Å². The number of hydrogen-bond acceptors (Lipinski definition) is 3. The molecule has 0 aliphatic carbocycles. The first-order valence-corrected chi connectivity index (χ1v) is 8.02. The molecule has 0 heterocycles. The molecule has 0 aliphatic rings. The van der Waals surface area contributed by atoms with Crippen molar-refractivity contribution in [2.24, 2.45) is 5.14 Å². The van der Waals surface area contributed by atoms with Gasteiger partial charge in [0.25, 0.3) is 0 Å². The fraction of sp³-hybridized carbons (Fsp3) is 0.462. The summed E-state index contributed by atoms with van der Waals surface area (Å²) in [5.74, 6) is -0.796. The zero-order valence-corrected chi connectivity index (χ0v) is 12.1. The van der Waals surface area contributed by atoms with E-state index in [2.05, 4.69) is 5.32 Å². The molecule has 1 aromatic carbocycles. The van der Waals surface area contributed by atoms with Crippen molar-refractivity contribution in [3.05, 3.63) is 35.6 Å². The maximum Gasteiger partial charge on any atom is 0.220 e. The molecule has 1 rings (SSSR count). The number of sulfonamides is 1. The van der Waals surface area contributed by atoms with Crippen LogP contribution in [0.4, 0.5) is 4.39 Å². The molecular formula is C13H19FN2O3S. The highest BCUT2D eigenvalue weighted by Gasteiger charge is 2.11. The molecule has 0 saturated heterocycles. The van der Waals surface area contributed by atoms with E-state index in [0.717, 1.165) is 5.56 Å². The van der Waals surface area contributed by atoms with Gasteiger partial charge in [-0.1, -0.05) is 19.1 Å². The predicted molar refractivity (Wildman–Crippen MR) is 75.0 cm³/mol. The summed E-state index contributed by atoms with van der Waals surface area (Å²) in [6.45, 7) is 2.09. The monoisotopic (exact) mass is 302 g/mol. The Bertz CT molecular complexity index is 560. The minimum absolute atomic E-state index is 0.107. The van der Waals surface area contributed by atoms with Gasteiger partial charge in [-0.25, -0.2) is 17.9 Å². The number of rotatable bonds is 7. The van der Waals surface area contributed by atoms with E-state index in [1.807, 2.05) is 6.92 Å². The van der Waals surface area contributed by atoms with E-state index >= 15 is 0 Å². The number of carbonyl (C=O) groups excluding carboxylic acids is 1. The molecule has 0 unspecified atom stereocenters. The number of carbonyl (C=O) groups is 1. The van der Waals surface area contributed by atoms with Gasteiger partial charge in [0.15, 0.2) is 0 Å². The van der Waals surface area contributed by atoms with E-state index < -0.39 is 10.0 Å². The van der Waals surface area contributed by atoms with Crippen LogP contribution in [0.15, 0.2) is 24.3 Å². The third-order valence-corrected chi connectivity index (χ3v) is 3.69. The van der Waals surface area contributed by atoms with Crippen LogP contribution in [-0.2, 0) is 14.8 Å². The van der Waals surface area contributed by atoms with E-state index in [-0.39, 0.29) is 42.8 Å². The van der Waals surface area contributed by atoms with Gasteiger partial charge < -0.3 is 5.32 Å². The molecule has 3 N–H and O–H groups in total. The number of amides is 1. The maximum atomic E-state index is 13.1. The van der Waals surface area contributed by atoms with Crippen LogP contribution in [0.25, 0.3) is 0 Å². The Morgan fingerprint density at radius 1 is 1.45 bits per heavy atom. The molecule has 0 saturated carbocycles. The molecule has 0 aliphatic heterocycles. The molecule has 20 heavy (non-hydrogen) atoms. The van der Waals surface area contributed by atoms with E-state index in [0.29, 0.717) is 0 Å². The van der Waals surface area contributed by atoms with Gasteiger partial charge in [0.05, 0.1) is 5.75 Å². The van der Waals surface area contributed by atoms with Gasteiger partial charge >= 0.3 is 0 Å². The molecule has 1 aromatic rings. The molecule has 1 amide bonds. The normalized spacial score (nSPS) is 12.9. The van der Waals surface area contributed by atoms with Crippen LogP contribution in [0.2, 0.25) is 0 Å². The summed E-state index contributed by atoms with van der Waals surface area (Å²) in [6.07, 6.45) is 0.498. The third-order valence-electron chi connectivity index (χ3n) is 2.84. The third kappa shape index (κ3) is 6.63. The average Bonchev–Trinajstić information content (AvgIpc) is 2.33. The average molecular weight is 302 g/mol. The predicted octanol–water partition coefficient (Wildman–Crippen LogP) is 1.11. The van der Waals surface area contributed by atoms with Crippen LogP contribution in [0.1, 0.15) is 31.2 Å². The zero-order chi connectivity index (χ0) is 15.2. The minimum atomic E-state index is -3.49. The van der Waals surface area contributed by atoms with Crippen molar-refractivity contribution < 1.29 is 17.6 Å². The number of primary sulfonamides is 1. The quantitative estimate of drug-likeness (QED) is 0.739. The van der Waals surface area contributed by atoms with Crippen LogP contribution in [0.5, 0.6) is 0 Å². The Hall–Kier alpha value is -1.47. The molecule has 0 radical (unpaired) electrons. The Morgan fingerprint density at radius 2 is 2.15 bits per heavy atom. The second kappa shape index (κ2) is 7.35. The van der Waals surface area contributed by atoms with Crippen molar-refractivity contribution in [1.82, 2.24) is 5.32 Å². The van der Waals surface area contributed by atoms with Crippen molar-refractivity contribution in [2.75, 3.05) is 12.3 Å². The lowest BCUT2D eigenvalue weighted by molar-refractivity contribution is -0.121. The first kappa shape index (κ1) is 16.6. The lowest BCUT2D eigenvalue weighted by atomic mass is 9.97. The highest BCUT2D eigenvalue weighted by molar-refractivity contribution is 7.89. The van der Waals surface area contributed by atoms with Crippen LogP contribution in [-0.4, -0.2) is 26.6 Å². The van der Waals surface area contributed by atoms with Gasteiger partial charge in [-0.2, -0.15) is 0 Å². The number of hydrogen-bond donors (Lipinski definition) is 2. The van der Waals surface area contributed by atoms with Crippen molar-refractivity contribution in [2.45, 2.75) is 25.7 Å². The van der Waals surface area contributed by atoms with Crippen LogP contribution in [0, 0.1) is 5.82 Å². The largest absolute Gasteiger partial charge is 0.356 e. The SMILES string of the molecule is C[C@@H](CC(=O)NCCCS(N)(=O)=O)c1cccc(F)c1. The smallest absolute Gasteiger partial charge is 0.220 e. The molecule has 1 atom stereocenters. The molecule has 0 spiro atoms. The fourth-order valence-corrected chi connectivity index (χ4v) is 2.33. The summed E-state index contributed by atoms with van der Waals surface area (Å²) in [5.41, 5.74) is 0.754. The van der Waals surface area contributed by atoms with Gasteiger partial charge in [0, 0.05) is 13.0 Å². The summed E-state index contributed by atoms with van der Waals surface area (Å²) in [5, 5.41) is 7.47. The molecule has 7 heteroatoms. The van der Waals surface area contributed by atoms with Crippen LogP contribution in [0.3, 0.4) is 0 Å². The topological polar surface area (TPSA) is 89.3 Å². The van der Waals surface area contributed by atoms with Crippen LogP contribution >= 0.6 is 0 Å². The lowest BCUT2D eigenvalue weighted by Crippen LogP contribution is -2.28. The summed E-state index contributed by atoms with van der Waals surface area (Å²) < 4.78 is 34.5. The first-order valence-electron chi connectivity index (χ1n) is 6.30. The van der Waals surface area contributed by atoms with Crippen molar-refractivity contribution >= 4 is 15.9 Å². The van der Waals surface area contributed by atoms with E-state index in [4.69, 9.17) is 5.14 Å². The molecule has 0 fully saturated rings. The summed E-state index contributed by atoms with van der Waals surface area (Å²) >= 11 is 0. The zero-order valence-electron chi connectivity index (χ0n) is 11.3. The molecule has 0 aromatic heterocycles. The maximum absolute atomic E-state index is 13.1. The van der Waals surface area contributed by atoms with Crippen molar-refractivity contribution in [1.29, 1.82) is 0 Å². The fourth-order valence-electron chi connectivity index (χ4n) is 1.78. The molecule has 5 nitrogen and oxygen atoms in total. The van der Waals surface area contributed by atoms with E-state index in [1.165, 1.54) is 12.1 Å². The van der Waals surface area contributed by atoms with Gasteiger partial charge in [-0.05, 0) is 30.0 Å². The summed E-state index contributed by atoms with van der Waals surface area (Å²) in [4.78, 5) is 11.7.